The van der Waals surface area contributed by atoms with Crippen molar-refractivity contribution < 1.29 is 0 Å². The number of nitrogens with zero attached hydrogens (tertiary/aromatic N) is 2. The van der Waals surface area contributed by atoms with Gasteiger partial charge in [0.05, 0.1) is 6.20 Å². The standard InChI is InChI=1S/C15H12BrClN4O2/c1-21-12(16)7-19-13(15(21)23)18-6-9-4-8-5-10(17)2-3-11(8)20-14(9)22/h2-5,7H,6H2,1H3,(H,18,19)(H,20,22). The quantitative estimate of drug-likeness (QED) is 0.714. The van der Waals surface area contributed by atoms with Crippen molar-refractivity contribution in [1.29, 1.82) is 0 Å². The van der Waals surface area contributed by atoms with Crippen LogP contribution in [0.15, 0.2) is 44.7 Å². The summed E-state index contributed by atoms with van der Waals surface area (Å²) in [6.45, 7) is 0.182. The highest BCUT2D eigenvalue weighted by molar-refractivity contribution is 9.10. The SMILES string of the molecule is Cn1c(Br)cnc(NCc2cc3cc(Cl)ccc3[nH]c2=O)c1=O. The second kappa shape index (κ2) is 6.17. The number of benzene rings is 1. The van der Waals surface area contributed by atoms with Crippen LogP contribution in [0.4, 0.5) is 5.82 Å². The van der Waals surface area contributed by atoms with Gasteiger partial charge in [-0.25, -0.2) is 4.98 Å². The van der Waals surface area contributed by atoms with Gasteiger partial charge in [0.2, 0.25) is 0 Å². The molecular weight excluding hydrogens is 384 g/mol. The third kappa shape index (κ3) is 3.16. The summed E-state index contributed by atoms with van der Waals surface area (Å²) in [5.74, 6) is 0.182. The fourth-order valence-corrected chi connectivity index (χ4v) is 2.61. The maximum Gasteiger partial charge on any atom is 0.293 e. The van der Waals surface area contributed by atoms with E-state index in [0.29, 0.717) is 20.7 Å². The molecule has 0 radical (unpaired) electrons. The molecule has 2 aromatic heterocycles. The highest BCUT2D eigenvalue weighted by Gasteiger charge is 2.08. The van der Waals surface area contributed by atoms with Gasteiger partial charge in [0, 0.05) is 35.1 Å². The molecule has 8 heteroatoms. The zero-order valence-electron chi connectivity index (χ0n) is 12.1. The molecule has 0 saturated heterocycles. The highest BCUT2D eigenvalue weighted by Crippen LogP contribution is 2.17. The van der Waals surface area contributed by atoms with Crippen molar-refractivity contribution in [2.24, 2.45) is 7.05 Å². The van der Waals surface area contributed by atoms with E-state index in [1.165, 1.54) is 10.8 Å². The minimum Gasteiger partial charge on any atom is -0.361 e. The lowest BCUT2D eigenvalue weighted by Crippen LogP contribution is -2.24. The van der Waals surface area contributed by atoms with Gasteiger partial charge in [-0.1, -0.05) is 11.6 Å². The molecule has 118 valence electrons. The molecule has 0 bridgehead atoms. The number of rotatable bonds is 3. The molecule has 0 aliphatic rings. The fourth-order valence-electron chi connectivity index (χ4n) is 2.17. The molecular formula is C15H12BrClN4O2. The van der Waals surface area contributed by atoms with Crippen molar-refractivity contribution in [2.75, 3.05) is 5.32 Å². The van der Waals surface area contributed by atoms with E-state index in [1.807, 2.05) is 0 Å². The molecule has 0 aliphatic carbocycles. The largest absolute Gasteiger partial charge is 0.361 e. The molecule has 3 rings (SSSR count). The van der Waals surface area contributed by atoms with Crippen LogP contribution in [0.2, 0.25) is 5.02 Å². The average molecular weight is 396 g/mol. The van der Waals surface area contributed by atoms with Crippen molar-refractivity contribution >= 4 is 44.3 Å². The predicted octanol–water partition coefficient (Wildman–Crippen LogP) is 2.65. The number of aromatic nitrogens is 3. The lowest BCUT2D eigenvalue weighted by atomic mass is 10.1. The summed E-state index contributed by atoms with van der Waals surface area (Å²) in [6, 6.07) is 6.99. The van der Waals surface area contributed by atoms with Gasteiger partial charge in [-0.2, -0.15) is 0 Å². The molecule has 0 amide bonds. The van der Waals surface area contributed by atoms with Gasteiger partial charge < -0.3 is 14.9 Å². The molecule has 0 saturated carbocycles. The number of fused-ring (bicyclic) bond motifs is 1. The Labute approximate surface area is 144 Å². The Kier molecular flexibility index (Phi) is 4.23. The Balaban J connectivity index is 1.93. The highest BCUT2D eigenvalue weighted by atomic mass is 79.9. The molecule has 1 aromatic carbocycles. The number of H-pyrrole nitrogens is 1. The number of hydrogen-bond donors (Lipinski definition) is 2. The van der Waals surface area contributed by atoms with Crippen LogP contribution >= 0.6 is 27.5 Å². The maximum atomic E-state index is 12.1. The van der Waals surface area contributed by atoms with Gasteiger partial charge in [-0.05, 0) is 40.2 Å². The van der Waals surface area contributed by atoms with Gasteiger partial charge in [-0.15, -0.1) is 0 Å². The monoisotopic (exact) mass is 394 g/mol. The molecule has 23 heavy (non-hydrogen) atoms. The van der Waals surface area contributed by atoms with Crippen molar-refractivity contribution in [3.63, 3.8) is 0 Å². The van der Waals surface area contributed by atoms with Crippen molar-refractivity contribution in [2.45, 2.75) is 6.54 Å². The van der Waals surface area contributed by atoms with E-state index >= 15 is 0 Å². The second-order valence-corrected chi connectivity index (χ2v) is 6.25. The third-order valence-electron chi connectivity index (χ3n) is 3.46. The van der Waals surface area contributed by atoms with E-state index in [9.17, 15) is 9.59 Å². The van der Waals surface area contributed by atoms with Crippen molar-refractivity contribution in [3.05, 3.63) is 66.4 Å². The van der Waals surface area contributed by atoms with Crippen LogP contribution in [0.25, 0.3) is 10.9 Å². The number of anilines is 1. The Morgan fingerprint density at radius 2 is 2.13 bits per heavy atom. The lowest BCUT2D eigenvalue weighted by Gasteiger charge is -2.08. The van der Waals surface area contributed by atoms with E-state index in [2.05, 4.69) is 31.2 Å². The van der Waals surface area contributed by atoms with Crippen LogP contribution in [0.5, 0.6) is 0 Å². The summed E-state index contributed by atoms with van der Waals surface area (Å²) < 4.78 is 1.99. The number of pyridine rings is 1. The van der Waals surface area contributed by atoms with Gasteiger partial charge in [0.25, 0.3) is 11.1 Å². The molecule has 6 nitrogen and oxygen atoms in total. The van der Waals surface area contributed by atoms with E-state index in [1.54, 1.807) is 31.3 Å². The molecule has 0 unspecified atom stereocenters. The molecule has 0 aliphatic heterocycles. The van der Waals surface area contributed by atoms with Gasteiger partial charge in [-0.3, -0.25) is 9.59 Å². The Hall–Kier alpha value is -2.12. The summed E-state index contributed by atoms with van der Waals surface area (Å²) in [7, 11) is 1.63. The first-order valence-corrected chi connectivity index (χ1v) is 7.89. The van der Waals surface area contributed by atoms with Crippen LogP contribution in [-0.2, 0) is 13.6 Å². The zero-order valence-corrected chi connectivity index (χ0v) is 14.4. The molecule has 2 heterocycles. The molecule has 3 aromatic rings. The maximum absolute atomic E-state index is 12.1. The van der Waals surface area contributed by atoms with E-state index in [0.717, 1.165) is 5.39 Å². The first-order valence-electron chi connectivity index (χ1n) is 6.72. The number of hydrogen-bond acceptors (Lipinski definition) is 4. The Morgan fingerprint density at radius 1 is 1.35 bits per heavy atom. The number of halogens is 2. The van der Waals surface area contributed by atoms with Gasteiger partial charge in [0.15, 0.2) is 5.82 Å². The fraction of sp³-hybridized carbons (Fsp3) is 0.133. The van der Waals surface area contributed by atoms with Crippen molar-refractivity contribution in [1.82, 2.24) is 14.5 Å². The Bertz CT molecular complexity index is 1010. The first kappa shape index (κ1) is 15.8. The minimum atomic E-state index is -0.278. The summed E-state index contributed by atoms with van der Waals surface area (Å²) in [5.41, 5.74) is 0.702. The van der Waals surface area contributed by atoms with E-state index in [4.69, 9.17) is 11.6 Å². The topological polar surface area (TPSA) is 79.8 Å². The summed E-state index contributed by atoms with van der Waals surface area (Å²) in [5, 5.41) is 4.31. The molecule has 0 spiro atoms. The number of aromatic amines is 1. The van der Waals surface area contributed by atoms with E-state index < -0.39 is 0 Å². The lowest BCUT2D eigenvalue weighted by molar-refractivity contribution is 0.814. The van der Waals surface area contributed by atoms with Crippen LogP contribution in [0.1, 0.15) is 5.56 Å². The van der Waals surface area contributed by atoms with Crippen LogP contribution < -0.4 is 16.4 Å². The molecule has 2 N–H and O–H groups in total. The summed E-state index contributed by atoms with van der Waals surface area (Å²) in [4.78, 5) is 31.0. The zero-order chi connectivity index (χ0) is 16.6. The van der Waals surface area contributed by atoms with Gasteiger partial charge >= 0.3 is 0 Å². The van der Waals surface area contributed by atoms with Crippen LogP contribution in [-0.4, -0.2) is 14.5 Å². The van der Waals surface area contributed by atoms with Crippen molar-refractivity contribution in [3.8, 4) is 0 Å². The van der Waals surface area contributed by atoms with Crippen LogP contribution in [0, 0.1) is 0 Å². The smallest absolute Gasteiger partial charge is 0.293 e. The van der Waals surface area contributed by atoms with Crippen LogP contribution in [0.3, 0.4) is 0 Å². The second-order valence-electron chi connectivity index (χ2n) is 5.00. The number of nitrogens with one attached hydrogen (secondary N) is 2. The summed E-state index contributed by atoms with van der Waals surface area (Å²) >= 11 is 9.20. The first-order chi connectivity index (χ1) is 11.0. The normalized spacial score (nSPS) is 10.9. The predicted molar refractivity (Wildman–Crippen MR) is 94.1 cm³/mol. The van der Waals surface area contributed by atoms with Gasteiger partial charge in [0.1, 0.15) is 4.60 Å². The Morgan fingerprint density at radius 3 is 2.91 bits per heavy atom. The molecule has 0 atom stereocenters. The van der Waals surface area contributed by atoms with E-state index in [-0.39, 0.29) is 23.5 Å². The third-order valence-corrected chi connectivity index (χ3v) is 4.43. The molecule has 0 fully saturated rings. The summed E-state index contributed by atoms with van der Waals surface area (Å²) in [6.07, 6.45) is 1.52. The average Bonchev–Trinajstić information content (AvgIpc) is 2.52. The minimum absolute atomic E-state index is 0.182.